The lowest BCUT2D eigenvalue weighted by molar-refractivity contribution is -0.133. The van der Waals surface area contributed by atoms with E-state index >= 15 is 0 Å². The standard InChI is InChI=1S/C30H28ClN5O/c31-25-12-13-26-27(14-16-34-28(26)20-25)33-15-7-18-36(29(37)21-35-19-17-32-22-35)30(23-8-3-1-4-9-23)24-10-5-2-6-11-24/h1-6,8-14,16-17,19-20,22,30H,7,15,18,21H2,(H,33,34). The molecule has 37 heavy (non-hydrogen) atoms. The highest BCUT2D eigenvalue weighted by molar-refractivity contribution is 6.31. The number of aromatic nitrogens is 3. The number of pyridine rings is 1. The number of halogens is 1. The molecule has 0 atom stereocenters. The minimum Gasteiger partial charge on any atom is -0.384 e. The summed E-state index contributed by atoms with van der Waals surface area (Å²) in [5.74, 6) is 0.0414. The van der Waals surface area contributed by atoms with Gasteiger partial charge in [-0.1, -0.05) is 72.3 Å². The average Bonchev–Trinajstić information content (AvgIpc) is 3.44. The summed E-state index contributed by atoms with van der Waals surface area (Å²) in [6, 6.07) is 27.9. The largest absolute Gasteiger partial charge is 0.384 e. The van der Waals surface area contributed by atoms with Gasteiger partial charge in [0.25, 0.3) is 0 Å². The van der Waals surface area contributed by atoms with Crippen molar-refractivity contribution in [1.82, 2.24) is 19.4 Å². The molecule has 0 unspecified atom stereocenters. The van der Waals surface area contributed by atoms with Crippen LogP contribution in [0.4, 0.5) is 5.69 Å². The topological polar surface area (TPSA) is 63.1 Å². The van der Waals surface area contributed by atoms with Crippen molar-refractivity contribution in [3.05, 3.63) is 126 Å². The number of anilines is 1. The van der Waals surface area contributed by atoms with Gasteiger partial charge in [0.1, 0.15) is 6.54 Å². The first-order valence-corrected chi connectivity index (χ1v) is 12.7. The van der Waals surface area contributed by atoms with E-state index in [1.165, 1.54) is 0 Å². The first-order valence-electron chi connectivity index (χ1n) is 12.3. The van der Waals surface area contributed by atoms with Crippen LogP contribution in [0.15, 0.2) is 110 Å². The zero-order valence-electron chi connectivity index (χ0n) is 20.4. The maximum Gasteiger partial charge on any atom is 0.243 e. The number of amides is 1. The highest BCUT2D eigenvalue weighted by atomic mass is 35.5. The van der Waals surface area contributed by atoms with Crippen LogP contribution >= 0.6 is 11.6 Å². The number of carbonyl (C=O) groups is 1. The molecule has 0 saturated heterocycles. The molecule has 0 bridgehead atoms. The second kappa shape index (κ2) is 11.7. The predicted molar refractivity (Wildman–Crippen MR) is 149 cm³/mol. The lowest BCUT2D eigenvalue weighted by Gasteiger charge is -2.33. The molecule has 0 radical (unpaired) electrons. The van der Waals surface area contributed by atoms with Crippen LogP contribution in [0, 0.1) is 0 Å². The second-order valence-corrected chi connectivity index (χ2v) is 9.28. The fourth-order valence-corrected chi connectivity index (χ4v) is 4.76. The fourth-order valence-electron chi connectivity index (χ4n) is 4.60. The van der Waals surface area contributed by atoms with Crippen molar-refractivity contribution in [3.8, 4) is 0 Å². The van der Waals surface area contributed by atoms with Gasteiger partial charge in [-0.2, -0.15) is 0 Å². The van der Waals surface area contributed by atoms with Crippen molar-refractivity contribution in [1.29, 1.82) is 0 Å². The van der Waals surface area contributed by atoms with Gasteiger partial charge in [0, 0.05) is 47.8 Å². The number of hydrogen-bond donors (Lipinski definition) is 1. The Labute approximate surface area is 221 Å². The summed E-state index contributed by atoms with van der Waals surface area (Å²) in [5, 5.41) is 5.21. The Bertz CT molecular complexity index is 1400. The average molecular weight is 510 g/mol. The molecular formula is C30H28ClN5O. The van der Waals surface area contributed by atoms with Gasteiger partial charge >= 0.3 is 0 Å². The number of nitrogens with one attached hydrogen (secondary N) is 1. The van der Waals surface area contributed by atoms with Crippen LogP contribution in [0.5, 0.6) is 0 Å². The van der Waals surface area contributed by atoms with E-state index in [-0.39, 0.29) is 18.5 Å². The van der Waals surface area contributed by atoms with E-state index in [0.29, 0.717) is 18.1 Å². The van der Waals surface area contributed by atoms with Crippen molar-refractivity contribution in [2.75, 3.05) is 18.4 Å². The zero-order valence-corrected chi connectivity index (χ0v) is 21.1. The van der Waals surface area contributed by atoms with Gasteiger partial charge in [-0.3, -0.25) is 9.78 Å². The Kier molecular flexibility index (Phi) is 7.77. The molecule has 0 fully saturated rings. The molecule has 0 saturated carbocycles. The smallest absolute Gasteiger partial charge is 0.243 e. The van der Waals surface area contributed by atoms with Crippen LogP contribution in [-0.4, -0.2) is 38.4 Å². The van der Waals surface area contributed by atoms with E-state index in [0.717, 1.165) is 34.1 Å². The van der Waals surface area contributed by atoms with Crippen molar-refractivity contribution < 1.29 is 4.79 Å². The summed E-state index contributed by atoms with van der Waals surface area (Å²) in [7, 11) is 0. The summed E-state index contributed by atoms with van der Waals surface area (Å²) < 4.78 is 1.81. The third-order valence-corrected chi connectivity index (χ3v) is 6.57. The van der Waals surface area contributed by atoms with E-state index in [1.807, 2.05) is 76.3 Å². The molecule has 2 heterocycles. The first-order chi connectivity index (χ1) is 18.2. The minimum atomic E-state index is -0.192. The summed E-state index contributed by atoms with van der Waals surface area (Å²) >= 11 is 6.14. The molecule has 6 nitrogen and oxygen atoms in total. The molecule has 3 aromatic carbocycles. The van der Waals surface area contributed by atoms with Gasteiger partial charge < -0.3 is 14.8 Å². The van der Waals surface area contributed by atoms with Gasteiger partial charge in [-0.05, 0) is 41.8 Å². The van der Waals surface area contributed by atoms with E-state index in [9.17, 15) is 4.79 Å². The van der Waals surface area contributed by atoms with Crippen LogP contribution in [0.2, 0.25) is 5.02 Å². The fraction of sp³-hybridized carbons (Fsp3) is 0.167. The normalized spacial score (nSPS) is 11.1. The Balaban J connectivity index is 1.38. The summed E-state index contributed by atoms with van der Waals surface area (Å²) in [4.78, 5) is 24.2. The lowest BCUT2D eigenvalue weighted by Crippen LogP contribution is -2.39. The molecule has 0 aliphatic carbocycles. The molecule has 0 aliphatic rings. The summed E-state index contributed by atoms with van der Waals surface area (Å²) in [6.45, 7) is 1.52. The first kappa shape index (κ1) is 24.5. The second-order valence-electron chi connectivity index (χ2n) is 8.85. The molecule has 1 N–H and O–H groups in total. The monoisotopic (exact) mass is 509 g/mol. The molecule has 5 aromatic rings. The molecule has 2 aromatic heterocycles. The molecule has 7 heteroatoms. The van der Waals surface area contributed by atoms with Crippen LogP contribution in [0.1, 0.15) is 23.6 Å². The van der Waals surface area contributed by atoms with Gasteiger partial charge in [-0.15, -0.1) is 0 Å². The molecule has 186 valence electrons. The third kappa shape index (κ3) is 5.98. The minimum absolute atomic E-state index is 0.0414. The molecule has 0 spiro atoms. The number of imidazole rings is 1. The Morgan fingerprint density at radius 1 is 0.946 bits per heavy atom. The quantitative estimate of drug-likeness (QED) is 0.227. The maximum atomic E-state index is 13.7. The SMILES string of the molecule is O=C(Cn1ccnc1)N(CCCNc1ccnc2cc(Cl)ccc12)C(c1ccccc1)c1ccccc1. The van der Waals surface area contributed by atoms with Crippen LogP contribution < -0.4 is 5.32 Å². The number of fused-ring (bicyclic) bond motifs is 1. The lowest BCUT2D eigenvalue weighted by atomic mass is 9.96. The van der Waals surface area contributed by atoms with Gasteiger partial charge in [0.2, 0.25) is 5.91 Å². The molecule has 0 aliphatic heterocycles. The predicted octanol–water partition coefficient (Wildman–Crippen LogP) is 6.21. The number of carbonyl (C=O) groups excluding carboxylic acids is 1. The van der Waals surface area contributed by atoms with Crippen LogP contribution in [0.3, 0.4) is 0 Å². The Hall–Kier alpha value is -4.16. The van der Waals surface area contributed by atoms with Crippen LogP contribution in [0.25, 0.3) is 10.9 Å². The Morgan fingerprint density at radius 2 is 1.68 bits per heavy atom. The maximum absolute atomic E-state index is 13.7. The van der Waals surface area contributed by atoms with Gasteiger partial charge in [0.15, 0.2) is 0 Å². The van der Waals surface area contributed by atoms with Gasteiger partial charge in [0.05, 0.1) is 17.9 Å². The van der Waals surface area contributed by atoms with Crippen LogP contribution in [-0.2, 0) is 11.3 Å². The van der Waals surface area contributed by atoms with Crippen molar-refractivity contribution in [2.24, 2.45) is 0 Å². The molecule has 1 amide bonds. The summed E-state index contributed by atoms with van der Waals surface area (Å²) in [6.07, 6.45) is 7.74. The van der Waals surface area contributed by atoms with Crippen molar-refractivity contribution in [3.63, 3.8) is 0 Å². The number of rotatable bonds is 10. The Morgan fingerprint density at radius 3 is 2.35 bits per heavy atom. The highest BCUT2D eigenvalue weighted by Crippen LogP contribution is 2.30. The number of hydrogen-bond acceptors (Lipinski definition) is 4. The van der Waals surface area contributed by atoms with E-state index < -0.39 is 0 Å². The highest BCUT2D eigenvalue weighted by Gasteiger charge is 2.26. The van der Waals surface area contributed by atoms with Gasteiger partial charge in [-0.25, -0.2) is 4.98 Å². The zero-order chi connectivity index (χ0) is 25.5. The van der Waals surface area contributed by atoms with E-state index in [2.05, 4.69) is 39.6 Å². The van der Waals surface area contributed by atoms with Crippen molar-refractivity contribution >= 4 is 34.1 Å². The summed E-state index contributed by atoms with van der Waals surface area (Å²) in [5.41, 5.74) is 4.01. The molecular weight excluding hydrogens is 482 g/mol. The number of nitrogens with zero attached hydrogens (tertiary/aromatic N) is 4. The van der Waals surface area contributed by atoms with E-state index in [4.69, 9.17) is 11.6 Å². The molecule has 5 rings (SSSR count). The number of benzene rings is 3. The van der Waals surface area contributed by atoms with E-state index in [1.54, 1.807) is 18.7 Å². The van der Waals surface area contributed by atoms with Crippen molar-refractivity contribution in [2.45, 2.75) is 19.0 Å². The third-order valence-electron chi connectivity index (χ3n) is 6.34.